The Labute approximate surface area is 178 Å². The molecule has 0 aliphatic heterocycles. The van der Waals surface area contributed by atoms with Crippen LogP contribution in [0.25, 0.3) is 28.1 Å². The highest BCUT2D eigenvalue weighted by atomic mass is 16.6. The molecule has 2 aromatic carbocycles. The van der Waals surface area contributed by atoms with Gasteiger partial charge in [0, 0.05) is 5.56 Å². The molecule has 0 saturated carbocycles. The minimum atomic E-state index is -0.428. The number of carbonyl (C=O) groups excluding carboxylic acids is 1. The number of fused-ring (bicyclic) bond motifs is 1. The molecule has 0 spiro atoms. The van der Waals surface area contributed by atoms with Crippen LogP contribution in [0.1, 0.15) is 18.1 Å². The van der Waals surface area contributed by atoms with E-state index in [0.29, 0.717) is 34.8 Å². The number of esters is 1. The standard InChI is InChI=1S/C23H22N4O4/c1-4-30-20(28)13-31-18-9-6-16(7-10-18)21-25-22-19(23(29)26-21)12-24-27(22)17-8-5-14(2)15(3)11-17/h5-12H,4,13H2,1-3H3,(H,25,26,29). The van der Waals surface area contributed by atoms with Crippen LogP contribution in [-0.2, 0) is 9.53 Å². The summed E-state index contributed by atoms with van der Waals surface area (Å²) in [5.41, 5.74) is 4.06. The predicted octanol–water partition coefficient (Wildman–Crippen LogP) is 3.33. The minimum absolute atomic E-state index is 0.163. The fraction of sp³-hybridized carbons (Fsp3) is 0.217. The Bertz CT molecular complexity index is 1310. The Morgan fingerprint density at radius 3 is 2.58 bits per heavy atom. The van der Waals surface area contributed by atoms with Crippen LogP contribution in [0.3, 0.4) is 0 Å². The number of benzene rings is 2. The van der Waals surface area contributed by atoms with Gasteiger partial charge in [0.25, 0.3) is 5.56 Å². The predicted molar refractivity (Wildman–Crippen MR) is 117 cm³/mol. The van der Waals surface area contributed by atoms with Gasteiger partial charge < -0.3 is 14.5 Å². The van der Waals surface area contributed by atoms with Gasteiger partial charge in [-0.25, -0.2) is 14.5 Å². The number of hydrogen-bond donors (Lipinski definition) is 1. The van der Waals surface area contributed by atoms with Gasteiger partial charge in [-0.15, -0.1) is 0 Å². The van der Waals surface area contributed by atoms with Crippen LogP contribution in [0, 0.1) is 13.8 Å². The lowest BCUT2D eigenvalue weighted by atomic mass is 10.1. The van der Waals surface area contributed by atoms with Gasteiger partial charge in [0.15, 0.2) is 12.3 Å². The molecule has 158 valence electrons. The molecule has 0 unspecified atom stereocenters. The molecule has 0 aliphatic rings. The van der Waals surface area contributed by atoms with Gasteiger partial charge in [-0.1, -0.05) is 6.07 Å². The van der Waals surface area contributed by atoms with Crippen molar-refractivity contribution >= 4 is 17.0 Å². The summed E-state index contributed by atoms with van der Waals surface area (Å²) in [6.45, 7) is 5.96. The third-order valence-corrected chi connectivity index (χ3v) is 4.96. The van der Waals surface area contributed by atoms with E-state index >= 15 is 0 Å². The zero-order valence-corrected chi connectivity index (χ0v) is 17.5. The van der Waals surface area contributed by atoms with E-state index in [2.05, 4.69) is 15.1 Å². The molecule has 0 amide bonds. The summed E-state index contributed by atoms with van der Waals surface area (Å²) >= 11 is 0. The first-order valence-electron chi connectivity index (χ1n) is 9.91. The zero-order chi connectivity index (χ0) is 22.0. The number of aromatic nitrogens is 4. The lowest BCUT2D eigenvalue weighted by molar-refractivity contribution is -0.145. The summed E-state index contributed by atoms with van der Waals surface area (Å²) in [6.07, 6.45) is 1.52. The van der Waals surface area contributed by atoms with Gasteiger partial charge in [0.1, 0.15) is 17.0 Å². The number of aromatic amines is 1. The van der Waals surface area contributed by atoms with E-state index in [1.54, 1.807) is 35.9 Å². The van der Waals surface area contributed by atoms with Crippen LogP contribution in [-0.4, -0.2) is 38.9 Å². The first kappa shape index (κ1) is 20.3. The van der Waals surface area contributed by atoms with E-state index < -0.39 is 5.97 Å². The van der Waals surface area contributed by atoms with E-state index in [4.69, 9.17) is 9.47 Å². The molecule has 8 nitrogen and oxygen atoms in total. The van der Waals surface area contributed by atoms with Crippen LogP contribution < -0.4 is 10.3 Å². The quantitative estimate of drug-likeness (QED) is 0.482. The average molecular weight is 418 g/mol. The highest BCUT2D eigenvalue weighted by Crippen LogP contribution is 2.22. The highest BCUT2D eigenvalue weighted by molar-refractivity contribution is 5.77. The lowest BCUT2D eigenvalue weighted by Crippen LogP contribution is -2.14. The van der Waals surface area contributed by atoms with Crippen molar-refractivity contribution in [1.29, 1.82) is 0 Å². The monoisotopic (exact) mass is 418 g/mol. The fourth-order valence-corrected chi connectivity index (χ4v) is 3.16. The Balaban J connectivity index is 1.66. The molecule has 0 bridgehead atoms. The van der Waals surface area contributed by atoms with Crippen LogP contribution in [0.15, 0.2) is 53.5 Å². The highest BCUT2D eigenvalue weighted by Gasteiger charge is 2.13. The first-order chi connectivity index (χ1) is 15.0. The van der Waals surface area contributed by atoms with Gasteiger partial charge in [0.2, 0.25) is 0 Å². The van der Waals surface area contributed by atoms with Crippen molar-refractivity contribution in [2.24, 2.45) is 0 Å². The number of hydrogen-bond acceptors (Lipinski definition) is 6. The molecule has 0 atom stereocenters. The second-order valence-electron chi connectivity index (χ2n) is 7.09. The van der Waals surface area contributed by atoms with E-state index in [9.17, 15) is 9.59 Å². The van der Waals surface area contributed by atoms with Crippen LogP contribution >= 0.6 is 0 Å². The molecule has 0 fully saturated rings. The first-order valence-corrected chi connectivity index (χ1v) is 9.91. The molecular weight excluding hydrogens is 396 g/mol. The molecule has 4 aromatic rings. The molecule has 8 heteroatoms. The fourth-order valence-electron chi connectivity index (χ4n) is 3.16. The van der Waals surface area contributed by atoms with E-state index in [1.807, 2.05) is 32.0 Å². The number of carbonyl (C=O) groups is 1. The van der Waals surface area contributed by atoms with Crippen LogP contribution in [0.2, 0.25) is 0 Å². The Hall–Kier alpha value is -3.94. The van der Waals surface area contributed by atoms with Gasteiger partial charge in [0.05, 0.1) is 18.5 Å². The van der Waals surface area contributed by atoms with Crippen molar-refractivity contribution in [3.05, 3.63) is 70.1 Å². The van der Waals surface area contributed by atoms with Gasteiger partial charge >= 0.3 is 5.97 Å². The SMILES string of the molecule is CCOC(=O)COc1ccc(-c2nc3c(cnn3-c3ccc(C)c(C)c3)c(=O)[nH]2)cc1. The van der Waals surface area contributed by atoms with Gasteiger partial charge in [-0.2, -0.15) is 5.10 Å². The van der Waals surface area contributed by atoms with Crippen molar-refractivity contribution in [3.8, 4) is 22.8 Å². The third kappa shape index (κ3) is 4.18. The van der Waals surface area contributed by atoms with Crippen LogP contribution in [0.5, 0.6) is 5.75 Å². The van der Waals surface area contributed by atoms with E-state index in [0.717, 1.165) is 11.3 Å². The molecule has 2 heterocycles. The number of ether oxygens (including phenoxy) is 2. The van der Waals surface area contributed by atoms with Crippen molar-refractivity contribution in [1.82, 2.24) is 19.7 Å². The molecular formula is C23H22N4O4. The number of nitrogens with one attached hydrogen (secondary N) is 1. The zero-order valence-electron chi connectivity index (χ0n) is 17.5. The number of aryl methyl sites for hydroxylation is 2. The maximum Gasteiger partial charge on any atom is 0.344 e. The summed E-state index contributed by atoms with van der Waals surface area (Å²) < 4.78 is 11.9. The summed E-state index contributed by atoms with van der Waals surface area (Å²) in [6, 6.07) is 12.9. The largest absolute Gasteiger partial charge is 0.482 e. The number of nitrogens with zero attached hydrogens (tertiary/aromatic N) is 3. The minimum Gasteiger partial charge on any atom is -0.482 e. The molecule has 0 radical (unpaired) electrons. The Morgan fingerprint density at radius 2 is 1.87 bits per heavy atom. The maximum absolute atomic E-state index is 12.6. The number of H-pyrrole nitrogens is 1. The van der Waals surface area contributed by atoms with Gasteiger partial charge in [-0.3, -0.25) is 4.79 Å². The van der Waals surface area contributed by atoms with E-state index in [1.165, 1.54) is 11.8 Å². The van der Waals surface area contributed by atoms with Crippen molar-refractivity contribution < 1.29 is 14.3 Å². The van der Waals surface area contributed by atoms with Gasteiger partial charge in [-0.05, 0) is 68.3 Å². The molecule has 4 rings (SSSR count). The van der Waals surface area contributed by atoms with Crippen LogP contribution in [0.4, 0.5) is 0 Å². The summed E-state index contributed by atoms with van der Waals surface area (Å²) in [5.74, 6) is 0.503. The smallest absolute Gasteiger partial charge is 0.344 e. The van der Waals surface area contributed by atoms with Crippen molar-refractivity contribution in [3.63, 3.8) is 0 Å². The second kappa shape index (κ2) is 8.43. The molecule has 0 aliphatic carbocycles. The molecule has 31 heavy (non-hydrogen) atoms. The van der Waals surface area contributed by atoms with Crippen molar-refractivity contribution in [2.75, 3.05) is 13.2 Å². The summed E-state index contributed by atoms with van der Waals surface area (Å²) in [5, 5.41) is 4.79. The van der Waals surface area contributed by atoms with Crippen molar-refractivity contribution in [2.45, 2.75) is 20.8 Å². The number of rotatable bonds is 6. The lowest BCUT2D eigenvalue weighted by Gasteiger charge is -2.08. The Kier molecular flexibility index (Phi) is 5.53. The summed E-state index contributed by atoms with van der Waals surface area (Å²) in [4.78, 5) is 31.5. The third-order valence-electron chi connectivity index (χ3n) is 4.96. The van der Waals surface area contributed by atoms with E-state index in [-0.39, 0.29) is 12.2 Å². The summed E-state index contributed by atoms with van der Waals surface area (Å²) in [7, 11) is 0. The normalized spacial score (nSPS) is 10.9. The Morgan fingerprint density at radius 1 is 1.10 bits per heavy atom. The molecule has 0 saturated heterocycles. The topological polar surface area (TPSA) is 99.1 Å². The second-order valence-corrected chi connectivity index (χ2v) is 7.09. The molecule has 2 aromatic heterocycles. The average Bonchev–Trinajstić information content (AvgIpc) is 3.19. The maximum atomic E-state index is 12.6. The molecule has 1 N–H and O–H groups in total.